The molecule has 1 N–H and O–H groups in total. The zero-order valence-corrected chi connectivity index (χ0v) is 19.2. The second-order valence-electron chi connectivity index (χ2n) is 9.35. The number of allylic oxidation sites excluding steroid dienone is 1. The van der Waals surface area contributed by atoms with Crippen LogP contribution in [0.5, 0.6) is 5.75 Å². The number of rotatable bonds is 5. The third kappa shape index (κ3) is 5.18. The number of imidazole rings is 1. The quantitative estimate of drug-likeness (QED) is 0.327. The lowest BCUT2D eigenvalue weighted by Crippen LogP contribution is -2.26. The van der Waals surface area contributed by atoms with Crippen molar-refractivity contribution in [1.29, 1.82) is 0 Å². The molecular weight excluding hydrogens is 447 g/mol. The van der Waals surface area contributed by atoms with Crippen LogP contribution in [0.2, 0.25) is 0 Å². The maximum absolute atomic E-state index is 12.5. The van der Waals surface area contributed by atoms with Crippen molar-refractivity contribution in [2.45, 2.75) is 45.5 Å². The summed E-state index contributed by atoms with van der Waals surface area (Å²) in [6.07, 6.45) is -2.15. The van der Waals surface area contributed by atoms with E-state index in [2.05, 4.69) is 35.0 Å². The molecule has 0 saturated heterocycles. The van der Waals surface area contributed by atoms with Crippen LogP contribution in [0.3, 0.4) is 0 Å². The predicted molar refractivity (Wildman–Crippen MR) is 123 cm³/mol. The van der Waals surface area contributed by atoms with Crippen molar-refractivity contribution < 1.29 is 27.4 Å². The van der Waals surface area contributed by atoms with E-state index in [4.69, 9.17) is 9.72 Å². The smallest absolute Gasteiger partial charge is 0.465 e. The summed E-state index contributed by atoms with van der Waals surface area (Å²) in [6, 6.07) is 10.7. The van der Waals surface area contributed by atoms with Gasteiger partial charge in [0.05, 0.1) is 23.7 Å². The Hall–Kier alpha value is -3.49. The number of nitrogens with zero attached hydrogens (tertiary/aromatic N) is 2. The van der Waals surface area contributed by atoms with Crippen LogP contribution in [-0.2, 0) is 4.74 Å². The summed E-state index contributed by atoms with van der Waals surface area (Å²) in [5, 5.41) is 3.22. The normalized spacial score (nSPS) is 18.1. The summed E-state index contributed by atoms with van der Waals surface area (Å²) in [4.78, 5) is 16.7. The van der Waals surface area contributed by atoms with Crippen LogP contribution in [0.1, 0.15) is 49.5 Å². The summed E-state index contributed by atoms with van der Waals surface area (Å²) in [5.74, 6) is -0.241. The van der Waals surface area contributed by atoms with E-state index in [-0.39, 0.29) is 17.2 Å². The summed E-state index contributed by atoms with van der Waals surface area (Å²) < 4.78 is 48.3. The molecule has 6 nitrogen and oxygen atoms in total. The fourth-order valence-electron chi connectivity index (χ4n) is 4.72. The monoisotopic (exact) mass is 473 g/mol. The number of methoxy groups -OCH3 is 1. The zero-order chi connectivity index (χ0) is 24.7. The van der Waals surface area contributed by atoms with Crippen molar-refractivity contribution in [3.8, 4) is 5.75 Å². The first-order chi connectivity index (χ1) is 15.9. The molecule has 9 heteroatoms. The molecule has 0 unspecified atom stereocenters. The standard InChI is InChI=1S/C25H26F3N3O3/c1-15-11-18(14-24(2,3)13-15)31-21-10-5-16(22(32)33-4)12-20(21)30-23(31)29-17-6-8-19(9-7-17)34-25(26,27)28/h5-10,12,18H,1,11,13-14H2,2-4H3,(H,29,30)/t18-/m0/s1. The maximum Gasteiger partial charge on any atom is 0.573 e. The lowest BCUT2D eigenvalue weighted by molar-refractivity contribution is -0.274. The molecule has 2 aromatic carbocycles. The molecule has 1 aliphatic carbocycles. The highest BCUT2D eigenvalue weighted by Gasteiger charge is 2.33. The van der Waals surface area contributed by atoms with Gasteiger partial charge in [0.2, 0.25) is 5.95 Å². The van der Waals surface area contributed by atoms with Gasteiger partial charge < -0.3 is 19.4 Å². The first kappa shape index (κ1) is 23.7. The van der Waals surface area contributed by atoms with E-state index in [0.29, 0.717) is 22.7 Å². The number of alkyl halides is 3. The number of fused-ring (bicyclic) bond motifs is 1. The van der Waals surface area contributed by atoms with Crippen LogP contribution in [0.4, 0.5) is 24.8 Å². The van der Waals surface area contributed by atoms with Crippen molar-refractivity contribution in [2.75, 3.05) is 12.4 Å². The maximum atomic E-state index is 12.5. The van der Waals surface area contributed by atoms with Gasteiger partial charge in [0.25, 0.3) is 0 Å². The first-order valence-electron chi connectivity index (χ1n) is 10.8. The Morgan fingerprint density at radius 2 is 1.91 bits per heavy atom. The number of halogens is 3. The van der Waals surface area contributed by atoms with Crippen LogP contribution >= 0.6 is 0 Å². The molecule has 1 fully saturated rings. The molecule has 0 radical (unpaired) electrons. The molecule has 1 atom stereocenters. The molecule has 1 heterocycles. The topological polar surface area (TPSA) is 65.4 Å². The molecule has 0 bridgehead atoms. The number of aromatic nitrogens is 2. The number of benzene rings is 2. The van der Waals surface area contributed by atoms with Crippen molar-refractivity contribution in [1.82, 2.24) is 9.55 Å². The highest BCUT2D eigenvalue weighted by Crippen LogP contribution is 2.45. The molecule has 180 valence electrons. The summed E-state index contributed by atoms with van der Waals surface area (Å²) in [7, 11) is 1.32. The number of hydrogen-bond acceptors (Lipinski definition) is 5. The third-order valence-electron chi connectivity index (χ3n) is 5.86. The van der Waals surface area contributed by atoms with Gasteiger partial charge in [-0.2, -0.15) is 0 Å². The number of esters is 1. The van der Waals surface area contributed by atoms with Crippen LogP contribution < -0.4 is 10.1 Å². The Kier molecular flexibility index (Phi) is 6.05. The fourth-order valence-corrected chi connectivity index (χ4v) is 4.72. The van der Waals surface area contributed by atoms with Gasteiger partial charge in [-0.3, -0.25) is 0 Å². The second-order valence-corrected chi connectivity index (χ2v) is 9.35. The zero-order valence-electron chi connectivity index (χ0n) is 19.2. The van der Waals surface area contributed by atoms with Gasteiger partial charge in [0.15, 0.2) is 0 Å². The van der Waals surface area contributed by atoms with Crippen LogP contribution in [-0.4, -0.2) is 29.0 Å². The van der Waals surface area contributed by atoms with Gasteiger partial charge >= 0.3 is 12.3 Å². The number of anilines is 2. The van der Waals surface area contributed by atoms with E-state index in [9.17, 15) is 18.0 Å². The van der Waals surface area contributed by atoms with Crippen molar-refractivity contribution in [3.05, 3.63) is 60.2 Å². The number of hydrogen-bond donors (Lipinski definition) is 1. The Labute approximate surface area is 195 Å². The summed E-state index contributed by atoms with van der Waals surface area (Å²) in [5.41, 5.74) is 3.57. The van der Waals surface area contributed by atoms with Gasteiger partial charge in [-0.1, -0.05) is 26.0 Å². The molecule has 0 aliphatic heterocycles. The Morgan fingerprint density at radius 1 is 1.21 bits per heavy atom. The van der Waals surface area contributed by atoms with Gasteiger partial charge in [-0.25, -0.2) is 9.78 Å². The average molecular weight is 473 g/mol. The molecule has 1 saturated carbocycles. The van der Waals surface area contributed by atoms with Crippen molar-refractivity contribution >= 4 is 28.6 Å². The molecule has 34 heavy (non-hydrogen) atoms. The van der Waals surface area contributed by atoms with E-state index in [1.54, 1.807) is 12.1 Å². The van der Waals surface area contributed by atoms with Crippen LogP contribution in [0.25, 0.3) is 11.0 Å². The minimum Gasteiger partial charge on any atom is -0.465 e. The van der Waals surface area contributed by atoms with E-state index in [1.165, 1.54) is 31.4 Å². The summed E-state index contributed by atoms with van der Waals surface area (Å²) in [6.45, 7) is 8.63. The number of carbonyl (C=O) groups is 1. The highest BCUT2D eigenvalue weighted by molar-refractivity contribution is 5.94. The van der Waals surface area contributed by atoms with Crippen LogP contribution in [0, 0.1) is 5.41 Å². The predicted octanol–water partition coefficient (Wildman–Crippen LogP) is 6.77. The minimum absolute atomic E-state index is 0.0520. The molecule has 4 rings (SSSR count). The van der Waals surface area contributed by atoms with E-state index < -0.39 is 12.3 Å². The van der Waals surface area contributed by atoms with Crippen LogP contribution in [0.15, 0.2) is 54.6 Å². The largest absolute Gasteiger partial charge is 0.573 e. The number of nitrogens with one attached hydrogen (secondary N) is 1. The van der Waals surface area contributed by atoms with Gasteiger partial charge in [-0.15, -0.1) is 13.2 Å². The molecule has 0 spiro atoms. The number of carbonyl (C=O) groups excluding carboxylic acids is 1. The first-order valence-corrected chi connectivity index (χ1v) is 10.8. The SMILES string of the molecule is C=C1C[C@H](n2c(Nc3ccc(OC(F)(F)F)cc3)nc3cc(C(=O)OC)ccc32)CC(C)(C)C1. The molecule has 1 aromatic heterocycles. The fraction of sp³-hybridized carbons (Fsp3) is 0.360. The number of ether oxygens (including phenoxy) is 2. The lowest BCUT2D eigenvalue weighted by atomic mass is 9.73. The van der Waals surface area contributed by atoms with Gasteiger partial charge in [0, 0.05) is 11.7 Å². The highest BCUT2D eigenvalue weighted by atomic mass is 19.4. The van der Waals surface area contributed by atoms with Gasteiger partial charge in [0.1, 0.15) is 5.75 Å². The van der Waals surface area contributed by atoms with E-state index in [1.807, 2.05) is 6.07 Å². The third-order valence-corrected chi connectivity index (χ3v) is 5.86. The van der Waals surface area contributed by atoms with Crippen molar-refractivity contribution in [2.24, 2.45) is 5.41 Å². The lowest BCUT2D eigenvalue weighted by Gasteiger charge is -2.38. The summed E-state index contributed by atoms with van der Waals surface area (Å²) >= 11 is 0. The average Bonchev–Trinajstić information content (AvgIpc) is 3.09. The van der Waals surface area contributed by atoms with E-state index in [0.717, 1.165) is 30.4 Å². The Balaban J connectivity index is 1.74. The molecule has 0 amide bonds. The van der Waals surface area contributed by atoms with Gasteiger partial charge in [-0.05, 0) is 67.1 Å². The Morgan fingerprint density at radius 3 is 2.53 bits per heavy atom. The van der Waals surface area contributed by atoms with E-state index >= 15 is 0 Å². The molecular formula is C25H26F3N3O3. The molecule has 3 aromatic rings. The van der Waals surface area contributed by atoms with Crippen molar-refractivity contribution in [3.63, 3.8) is 0 Å². The second kappa shape index (κ2) is 8.70. The molecule has 1 aliphatic rings. The minimum atomic E-state index is -4.75. The Bertz CT molecular complexity index is 1230.